The quantitative estimate of drug-likeness (QED) is 0.251. The minimum Gasteiger partial charge on any atom is -0.466 e. The van der Waals surface area contributed by atoms with Crippen LogP contribution in [0.5, 0.6) is 0 Å². The third-order valence-electron chi connectivity index (χ3n) is 5.18. The number of ether oxygens (including phenoxy) is 1. The van der Waals surface area contributed by atoms with E-state index < -0.39 is 0 Å². The van der Waals surface area contributed by atoms with E-state index in [0.29, 0.717) is 0 Å². The van der Waals surface area contributed by atoms with Crippen molar-refractivity contribution in [2.24, 2.45) is 5.41 Å². The van der Waals surface area contributed by atoms with Gasteiger partial charge in [-0.2, -0.15) is 0 Å². The molecule has 1 aliphatic rings. The van der Waals surface area contributed by atoms with Crippen LogP contribution < -0.4 is 0 Å². The predicted molar refractivity (Wildman–Crippen MR) is 132 cm³/mol. The van der Waals surface area contributed by atoms with Crippen LogP contribution in [0.2, 0.25) is 0 Å². The van der Waals surface area contributed by atoms with Crippen LogP contribution >= 0.6 is 0 Å². The van der Waals surface area contributed by atoms with Crippen molar-refractivity contribution in [1.29, 1.82) is 0 Å². The van der Waals surface area contributed by atoms with Crippen LogP contribution in [0, 0.1) is 5.41 Å². The SMILES string of the molecule is CC(=O)C=CC1=C(C)CCCC1(C)C.CCCCCCC=CC(=O)OC.c1cnccn1. The van der Waals surface area contributed by atoms with Crippen molar-refractivity contribution in [2.45, 2.75) is 86.0 Å². The largest absolute Gasteiger partial charge is 0.466 e. The number of aromatic nitrogens is 2. The maximum atomic E-state index is 10.9. The lowest BCUT2D eigenvalue weighted by atomic mass is 9.72. The van der Waals surface area contributed by atoms with Gasteiger partial charge in [-0.1, -0.05) is 57.8 Å². The molecule has 2 rings (SSSR count). The molecule has 0 fully saturated rings. The first-order valence-corrected chi connectivity index (χ1v) is 11.6. The minimum atomic E-state index is -0.259. The van der Waals surface area contributed by atoms with Crippen LogP contribution in [-0.4, -0.2) is 28.8 Å². The Morgan fingerprint density at radius 2 is 1.69 bits per heavy atom. The Kier molecular flexibility index (Phi) is 16.6. The topological polar surface area (TPSA) is 69.2 Å². The molecule has 0 aromatic carbocycles. The van der Waals surface area contributed by atoms with E-state index in [4.69, 9.17) is 0 Å². The van der Waals surface area contributed by atoms with E-state index in [1.165, 1.54) is 69.3 Å². The fraction of sp³-hybridized carbons (Fsp3) is 0.556. The van der Waals surface area contributed by atoms with E-state index in [-0.39, 0.29) is 17.2 Å². The highest BCUT2D eigenvalue weighted by molar-refractivity contribution is 5.87. The molecule has 0 aliphatic heterocycles. The molecule has 0 saturated heterocycles. The van der Waals surface area contributed by atoms with Crippen LogP contribution in [0.4, 0.5) is 0 Å². The molecule has 0 atom stereocenters. The van der Waals surface area contributed by atoms with Crippen molar-refractivity contribution in [3.8, 4) is 0 Å². The Balaban J connectivity index is 0.000000483. The summed E-state index contributed by atoms with van der Waals surface area (Å²) in [5, 5.41) is 0. The maximum absolute atomic E-state index is 10.9. The molecule has 1 aromatic heterocycles. The average molecular weight is 443 g/mol. The van der Waals surface area contributed by atoms with Gasteiger partial charge in [-0.05, 0) is 63.0 Å². The van der Waals surface area contributed by atoms with Gasteiger partial charge in [0.25, 0.3) is 0 Å². The Bertz CT molecular complexity index is 708. The number of ketones is 1. The van der Waals surface area contributed by atoms with Crippen molar-refractivity contribution in [2.75, 3.05) is 7.11 Å². The fourth-order valence-corrected chi connectivity index (χ4v) is 3.40. The number of esters is 1. The van der Waals surface area contributed by atoms with Gasteiger partial charge in [0.15, 0.2) is 5.78 Å². The third-order valence-corrected chi connectivity index (χ3v) is 5.18. The first-order valence-electron chi connectivity index (χ1n) is 11.6. The normalized spacial score (nSPS) is 14.9. The van der Waals surface area contributed by atoms with Crippen LogP contribution in [0.15, 0.2) is 60.2 Å². The summed E-state index contributed by atoms with van der Waals surface area (Å²) in [5.74, 6) is -0.128. The van der Waals surface area contributed by atoms with E-state index in [1.807, 2.05) is 12.2 Å². The van der Waals surface area contributed by atoms with Gasteiger partial charge in [0, 0.05) is 30.9 Å². The number of rotatable bonds is 8. The molecular weight excluding hydrogens is 400 g/mol. The molecule has 0 unspecified atom stereocenters. The molecule has 1 aliphatic carbocycles. The van der Waals surface area contributed by atoms with Crippen molar-refractivity contribution >= 4 is 11.8 Å². The predicted octanol–water partition coefficient (Wildman–Crippen LogP) is 6.82. The van der Waals surface area contributed by atoms with Crippen molar-refractivity contribution in [1.82, 2.24) is 9.97 Å². The molecule has 178 valence electrons. The van der Waals surface area contributed by atoms with E-state index >= 15 is 0 Å². The smallest absolute Gasteiger partial charge is 0.330 e. The lowest BCUT2D eigenvalue weighted by Gasteiger charge is -2.32. The number of carbonyl (C=O) groups is 2. The molecule has 0 bridgehead atoms. The van der Waals surface area contributed by atoms with Gasteiger partial charge in [0.05, 0.1) is 7.11 Å². The summed E-state index contributed by atoms with van der Waals surface area (Å²) in [6.07, 6.45) is 23.2. The highest BCUT2D eigenvalue weighted by atomic mass is 16.5. The molecule has 5 heteroatoms. The number of carbonyl (C=O) groups excluding carboxylic acids is 2. The summed E-state index contributed by atoms with van der Waals surface area (Å²) in [7, 11) is 1.39. The monoisotopic (exact) mass is 442 g/mol. The summed E-state index contributed by atoms with van der Waals surface area (Å²) >= 11 is 0. The third kappa shape index (κ3) is 15.3. The zero-order chi connectivity index (χ0) is 24.2. The molecule has 0 spiro atoms. The molecule has 0 amide bonds. The Morgan fingerprint density at radius 1 is 1.06 bits per heavy atom. The van der Waals surface area contributed by atoms with E-state index in [2.05, 4.69) is 42.4 Å². The highest BCUT2D eigenvalue weighted by Gasteiger charge is 2.26. The van der Waals surface area contributed by atoms with E-state index in [1.54, 1.807) is 37.8 Å². The second kappa shape index (κ2) is 18.1. The van der Waals surface area contributed by atoms with Gasteiger partial charge in [-0.3, -0.25) is 14.8 Å². The van der Waals surface area contributed by atoms with Gasteiger partial charge < -0.3 is 4.74 Å². The first kappa shape index (κ1) is 29.4. The number of nitrogens with zero attached hydrogens (tertiary/aromatic N) is 2. The zero-order valence-corrected chi connectivity index (χ0v) is 20.9. The Morgan fingerprint density at radius 3 is 2.16 bits per heavy atom. The summed E-state index contributed by atoms with van der Waals surface area (Å²) in [4.78, 5) is 28.9. The molecule has 1 heterocycles. The minimum absolute atomic E-state index is 0.131. The summed E-state index contributed by atoms with van der Waals surface area (Å²) in [6, 6.07) is 0. The molecule has 0 radical (unpaired) electrons. The van der Waals surface area contributed by atoms with Crippen molar-refractivity contribution < 1.29 is 14.3 Å². The molecule has 1 aromatic rings. The van der Waals surface area contributed by atoms with Crippen molar-refractivity contribution in [3.05, 3.63) is 60.2 Å². The van der Waals surface area contributed by atoms with Gasteiger partial charge in [-0.25, -0.2) is 4.79 Å². The average Bonchev–Trinajstić information content (AvgIpc) is 2.77. The molecular formula is C27H42N2O3. The van der Waals surface area contributed by atoms with Gasteiger partial charge in [-0.15, -0.1) is 0 Å². The number of unbranched alkanes of at least 4 members (excludes halogenated alkanes) is 4. The molecule has 32 heavy (non-hydrogen) atoms. The van der Waals surface area contributed by atoms with Crippen LogP contribution in [0.3, 0.4) is 0 Å². The number of hydrogen-bond donors (Lipinski definition) is 0. The second-order valence-electron chi connectivity index (χ2n) is 8.54. The Hall–Kier alpha value is -2.56. The van der Waals surface area contributed by atoms with Crippen molar-refractivity contribution in [3.63, 3.8) is 0 Å². The molecule has 0 saturated carbocycles. The fourth-order valence-electron chi connectivity index (χ4n) is 3.40. The lowest BCUT2D eigenvalue weighted by Crippen LogP contribution is -2.19. The maximum Gasteiger partial charge on any atom is 0.330 e. The highest BCUT2D eigenvalue weighted by Crippen LogP contribution is 2.40. The summed E-state index contributed by atoms with van der Waals surface area (Å²) in [5.41, 5.74) is 3.05. The first-order chi connectivity index (χ1) is 15.2. The van der Waals surface area contributed by atoms with Crippen LogP contribution in [-0.2, 0) is 14.3 Å². The second-order valence-corrected chi connectivity index (χ2v) is 8.54. The number of methoxy groups -OCH3 is 1. The zero-order valence-electron chi connectivity index (χ0n) is 20.9. The summed E-state index contributed by atoms with van der Waals surface area (Å²) in [6.45, 7) is 10.5. The number of allylic oxidation sites excluding steroid dienone is 5. The van der Waals surface area contributed by atoms with Gasteiger partial charge in [0.1, 0.15) is 0 Å². The molecule has 5 nitrogen and oxygen atoms in total. The number of hydrogen-bond acceptors (Lipinski definition) is 5. The van der Waals surface area contributed by atoms with Gasteiger partial charge >= 0.3 is 5.97 Å². The Labute approximate surface area is 195 Å². The molecule has 0 N–H and O–H groups in total. The van der Waals surface area contributed by atoms with Crippen LogP contribution in [0.25, 0.3) is 0 Å². The lowest BCUT2D eigenvalue weighted by molar-refractivity contribution is -0.134. The van der Waals surface area contributed by atoms with E-state index in [0.717, 1.165) is 6.42 Å². The van der Waals surface area contributed by atoms with Crippen LogP contribution in [0.1, 0.15) is 86.0 Å². The summed E-state index contributed by atoms with van der Waals surface area (Å²) < 4.78 is 4.45. The van der Waals surface area contributed by atoms with Gasteiger partial charge in [0.2, 0.25) is 0 Å². The standard InChI is InChI=1S/C13H20O.C10H18O2.C4H4N2/c1-10-6-5-9-13(3,4)12(10)8-7-11(2)14;1-3-4-5-6-7-8-9-10(11)12-2;1-2-6-4-3-5-1/h7-8H,5-6,9H2,1-4H3;8-9H,3-7H2,1-2H3;1-4H. The van der Waals surface area contributed by atoms with E-state index in [9.17, 15) is 9.59 Å².